The molecule has 4 nitrogen and oxygen atoms in total. The molecule has 0 bridgehead atoms. The molecule has 42 heavy (non-hydrogen) atoms. The van der Waals surface area contributed by atoms with Crippen molar-refractivity contribution in [2.24, 2.45) is 0 Å². The van der Waals surface area contributed by atoms with Crippen LogP contribution in [0.5, 0.6) is 23.0 Å². The molecule has 0 unspecified atom stereocenters. The van der Waals surface area contributed by atoms with Gasteiger partial charge in [-0.1, -0.05) is 117 Å². The van der Waals surface area contributed by atoms with Crippen LogP contribution in [-0.4, -0.2) is 0 Å². The molecule has 0 amide bonds. The maximum absolute atomic E-state index is 6.57. The summed E-state index contributed by atoms with van der Waals surface area (Å²) in [6.45, 7) is 5.51. The van der Waals surface area contributed by atoms with Gasteiger partial charge in [0.15, 0.2) is 0 Å². The Morgan fingerprint density at radius 2 is 1.07 bits per heavy atom. The molecule has 0 fully saturated rings. The van der Waals surface area contributed by atoms with Gasteiger partial charge in [-0.05, 0) is 47.2 Å². The predicted molar refractivity (Wildman–Crippen MR) is 168 cm³/mol. The molecule has 5 aromatic rings. The van der Waals surface area contributed by atoms with Crippen molar-refractivity contribution < 1.29 is 18.9 Å². The maximum atomic E-state index is 6.57. The van der Waals surface area contributed by atoms with Crippen LogP contribution < -0.4 is 18.9 Å². The number of ether oxygens (including phenoxy) is 4. The van der Waals surface area contributed by atoms with Crippen LogP contribution in [0, 0.1) is 0 Å². The summed E-state index contributed by atoms with van der Waals surface area (Å²) in [5.74, 6) is 3.20. The quantitative estimate of drug-likeness (QED) is 0.171. The van der Waals surface area contributed by atoms with E-state index in [1.54, 1.807) is 0 Å². The van der Waals surface area contributed by atoms with Gasteiger partial charge in [0.05, 0.1) is 0 Å². The third-order valence-corrected chi connectivity index (χ3v) is 7.05. The Kier molecular flexibility index (Phi) is 10.1. The van der Waals surface area contributed by atoms with E-state index in [4.69, 9.17) is 18.9 Å². The van der Waals surface area contributed by atoms with Gasteiger partial charge in [0, 0.05) is 17.7 Å². The Balaban J connectivity index is 0.00000173. The van der Waals surface area contributed by atoms with Gasteiger partial charge in [-0.15, -0.1) is 0 Å². The molecule has 1 aliphatic heterocycles. The van der Waals surface area contributed by atoms with Crippen molar-refractivity contribution in [2.45, 2.75) is 52.6 Å². The standard InChI is InChI=1S/C36H32O4.C2H6/c1-4-10-27(11-5-1)24-37-31-18-16-30(17-19-31)34-21-20-33-35(39-26-29-14-8-3-9-15-29)22-32(23-36(33)40-34)38-25-28-12-6-2-7-13-28;1-2/h1-19,22-23,34H,20-21,24-26H2;1-2H3/t34-;/m1./s1. The fraction of sp³-hybridized carbons (Fsp3) is 0.211. The average Bonchev–Trinajstić information content (AvgIpc) is 3.07. The number of fused-ring (bicyclic) bond motifs is 1. The van der Waals surface area contributed by atoms with Crippen molar-refractivity contribution in [2.75, 3.05) is 0 Å². The third kappa shape index (κ3) is 7.73. The van der Waals surface area contributed by atoms with Gasteiger partial charge in [0.2, 0.25) is 0 Å². The fourth-order valence-corrected chi connectivity index (χ4v) is 4.88. The number of rotatable bonds is 10. The summed E-state index contributed by atoms with van der Waals surface area (Å²) < 4.78 is 25.1. The number of hydrogen-bond donors (Lipinski definition) is 0. The minimum atomic E-state index is -0.0537. The van der Waals surface area contributed by atoms with Crippen LogP contribution in [0.2, 0.25) is 0 Å². The summed E-state index contributed by atoms with van der Waals surface area (Å²) in [5, 5.41) is 0. The second kappa shape index (κ2) is 14.8. The van der Waals surface area contributed by atoms with Crippen LogP contribution in [0.1, 0.15) is 54.2 Å². The molecule has 0 saturated heterocycles. The van der Waals surface area contributed by atoms with Gasteiger partial charge in [-0.25, -0.2) is 0 Å². The summed E-state index contributed by atoms with van der Waals surface area (Å²) in [6.07, 6.45) is 1.67. The Morgan fingerprint density at radius 3 is 1.62 bits per heavy atom. The minimum absolute atomic E-state index is 0.0537. The molecule has 1 atom stereocenters. The first-order valence-corrected chi connectivity index (χ1v) is 14.7. The van der Waals surface area contributed by atoms with Crippen LogP contribution in [0.3, 0.4) is 0 Å². The Bertz CT molecular complexity index is 1500. The van der Waals surface area contributed by atoms with E-state index in [2.05, 4.69) is 48.5 Å². The second-order valence-electron chi connectivity index (χ2n) is 9.94. The van der Waals surface area contributed by atoms with Crippen molar-refractivity contribution in [1.29, 1.82) is 0 Å². The minimum Gasteiger partial charge on any atom is -0.489 e. The van der Waals surface area contributed by atoms with Gasteiger partial charge in [-0.2, -0.15) is 0 Å². The Hall–Kier alpha value is -4.70. The zero-order valence-electron chi connectivity index (χ0n) is 24.4. The van der Waals surface area contributed by atoms with Crippen molar-refractivity contribution in [1.82, 2.24) is 0 Å². The van der Waals surface area contributed by atoms with Gasteiger partial charge in [-0.3, -0.25) is 0 Å². The lowest BCUT2D eigenvalue weighted by Gasteiger charge is -2.28. The summed E-state index contributed by atoms with van der Waals surface area (Å²) in [5.41, 5.74) is 5.59. The van der Waals surface area contributed by atoms with Crippen molar-refractivity contribution in [3.8, 4) is 23.0 Å². The average molecular weight is 559 g/mol. The zero-order valence-corrected chi connectivity index (χ0v) is 24.4. The van der Waals surface area contributed by atoms with Gasteiger partial charge < -0.3 is 18.9 Å². The first-order valence-electron chi connectivity index (χ1n) is 14.7. The van der Waals surface area contributed by atoms with Crippen LogP contribution in [0.25, 0.3) is 0 Å². The summed E-state index contributed by atoms with van der Waals surface area (Å²) in [6, 6.07) is 42.8. The number of benzene rings is 5. The molecule has 0 N–H and O–H groups in total. The van der Waals surface area contributed by atoms with E-state index in [0.717, 1.165) is 63.7 Å². The molecule has 1 heterocycles. The first kappa shape index (κ1) is 28.8. The van der Waals surface area contributed by atoms with Crippen molar-refractivity contribution >= 4 is 0 Å². The molecular formula is C38H38O4. The molecule has 4 heteroatoms. The molecule has 5 aromatic carbocycles. The zero-order chi connectivity index (χ0) is 29.0. The molecule has 214 valence electrons. The van der Waals surface area contributed by atoms with E-state index in [9.17, 15) is 0 Å². The van der Waals surface area contributed by atoms with E-state index in [-0.39, 0.29) is 6.10 Å². The Labute approximate surface area is 249 Å². The normalized spacial score (nSPS) is 13.5. The monoisotopic (exact) mass is 558 g/mol. The van der Waals surface area contributed by atoms with E-state index in [1.807, 2.05) is 92.7 Å². The maximum Gasteiger partial charge on any atom is 0.130 e. The predicted octanol–water partition coefficient (Wildman–Crippen LogP) is 9.52. The SMILES string of the molecule is CC.c1ccc(COc2ccc([C@H]3CCc4c(OCc5ccccc5)cc(OCc5ccccc5)cc4O3)cc2)cc1. The van der Waals surface area contributed by atoms with Gasteiger partial charge in [0.25, 0.3) is 0 Å². The fourth-order valence-electron chi connectivity index (χ4n) is 4.88. The highest BCUT2D eigenvalue weighted by Crippen LogP contribution is 2.43. The molecular weight excluding hydrogens is 520 g/mol. The van der Waals surface area contributed by atoms with E-state index >= 15 is 0 Å². The molecule has 1 aliphatic rings. The third-order valence-electron chi connectivity index (χ3n) is 7.05. The van der Waals surface area contributed by atoms with Crippen LogP contribution >= 0.6 is 0 Å². The van der Waals surface area contributed by atoms with Crippen molar-refractivity contribution in [3.63, 3.8) is 0 Å². The highest BCUT2D eigenvalue weighted by atomic mass is 16.5. The van der Waals surface area contributed by atoms with Crippen LogP contribution in [0.15, 0.2) is 127 Å². The lowest BCUT2D eigenvalue weighted by atomic mass is 9.96. The van der Waals surface area contributed by atoms with E-state index in [1.165, 1.54) is 0 Å². The molecule has 6 rings (SSSR count). The molecule has 0 aliphatic carbocycles. The number of hydrogen-bond acceptors (Lipinski definition) is 4. The van der Waals surface area contributed by atoms with Crippen molar-refractivity contribution in [3.05, 3.63) is 155 Å². The van der Waals surface area contributed by atoms with E-state index < -0.39 is 0 Å². The lowest BCUT2D eigenvalue weighted by Crippen LogP contribution is -2.16. The largest absolute Gasteiger partial charge is 0.489 e. The summed E-state index contributed by atoms with van der Waals surface area (Å²) in [4.78, 5) is 0. The van der Waals surface area contributed by atoms with E-state index in [0.29, 0.717) is 19.8 Å². The molecule has 0 radical (unpaired) electrons. The molecule has 0 aromatic heterocycles. The Morgan fingerprint density at radius 1 is 0.571 bits per heavy atom. The highest BCUT2D eigenvalue weighted by molar-refractivity contribution is 5.52. The van der Waals surface area contributed by atoms with Crippen LogP contribution in [0.4, 0.5) is 0 Å². The highest BCUT2D eigenvalue weighted by Gasteiger charge is 2.25. The first-order chi connectivity index (χ1) is 20.8. The topological polar surface area (TPSA) is 36.9 Å². The lowest BCUT2D eigenvalue weighted by molar-refractivity contribution is 0.171. The summed E-state index contributed by atoms with van der Waals surface area (Å²) in [7, 11) is 0. The molecule has 0 saturated carbocycles. The second-order valence-corrected chi connectivity index (χ2v) is 9.94. The van der Waals surface area contributed by atoms with Gasteiger partial charge >= 0.3 is 0 Å². The van der Waals surface area contributed by atoms with Gasteiger partial charge in [0.1, 0.15) is 48.9 Å². The summed E-state index contributed by atoms with van der Waals surface area (Å²) >= 11 is 0. The smallest absolute Gasteiger partial charge is 0.130 e. The van der Waals surface area contributed by atoms with Crippen LogP contribution in [-0.2, 0) is 26.2 Å². The molecule has 0 spiro atoms.